The van der Waals surface area contributed by atoms with Crippen molar-refractivity contribution in [2.45, 2.75) is 6.42 Å². The number of furan rings is 1. The standard InChI is InChI=1S/C18H13NO2/c20-18(17-6-3-9-21-17)19-14-8-7-13-10-12-4-1-2-5-15(12)16(13)11-14/h1-9,11H,10H2,(H,19,20). The van der Waals surface area contributed by atoms with Crippen LogP contribution in [0.3, 0.4) is 0 Å². The van der Waals surface area contributed by atoms with E-state index in [1.54, 1.807) is 12.1 Å². The molecule has 1 aromatic heterocycles. The minimum atomic E-state index is -0.230. The number of nitrogens with one attached hydrogen (secondary N) is 1. The summed E-state index contributed by atoms with van der Waals surface area (Å²) in [5.41, 5.74) is 5.87. The molecule has 0 spiro atoms. The van der Waals surface area contributed by atoms with Crippen LogP contribution in [0, 0.1) is 0 Å². The summed E-state index contributed by atoms with van der Waals surface area (Å²) in [6, 6.07) is 17.8. The Bertz CT molecular complexity index is 819. The Labute approximate surface area is 122 Å². The van der Waals surface area contributed by atoms with Crippen LogP contribution in [0.1, 0.15) is 21.7 Å². The smallest absolute Gasteiger partial charge is 0.291 e. The van der Waals surface area contributed by atoms with Gasteiger partial charge in [0.05, 0.1) is 6.26 Å². The normalized spacial score (nSPS) is 11.8. The highest BCUT2D eigenvalue weighted by Crippen LogP contribution is 2.37. The van der Waals surface area contributed by atoms with Crippen LogP contribution in [0.5, 0.6) is 0 Å². The minimum Gasteiger partial charge on any atom is -0.459 e. The van der Waals surface area contributed by atoms with E-state index in [2.05, 4.69) is 29.6 Å². The average Bonchev–Trinajstić information content (AvgIpc) is 3.14. The summed E-state index contributed by atoms with van der Waals surface area (Å²) >= 11 is 0. The van der Waals surface area contributed by atoms with Crippen molar-refractivity contribution in [2.75, 3.05) is 5.32 Å². The summed E-state index contributed by atoms with van der Waals surface area (Å²) in [7, 11) is 0. The maximum absolute atomic E-state index is 12.0. The number of anilines is 1. The van der Waals surface area contributed by atoms with E-state index in [0.29, 0.717) is 5.76 Å². The number of benzene rings is 2. The summed E-state index contributed by atoms with van der Waals surface area (Å²) in [5, 5.41) is 2.87. The van der Waals surface area contributed by atoms with Crippen molar-refractivity contribution < 1.29 is 9.21 Å². The molecule has 1 aliphatic carbocycles. The van der Waals surface area contributed by atoms with E-state index in [9.17, 15) is 4.79 Å². The number of hydrogen-bond acceptors (Lipinski definition) is 2. The van der Waals surface area contributed by atoms with Crippen LogP contribution in [0.15, 0.2) is 65.3 Å². The van der Waals surface area contributed by atoms with Crippen molar-refractivity contribution in [3.8, 4) is 11.1 Å². The lowest BCUT2D eigenvalue weighted by Crippen LogP contribution is -2.10. The van der Waals surface area contributed by atoms with E-state index in [1.807, 2.05) is 18.2 Å². The molecule has 1 heterocycles. The highest BCUT2D eigenvalue weighted by atomic mass is 16.3. The molecule has 0 saturated heterocycles. The van der Waals surface area contributed by atoms with Gasteiger partial charge in [-0.25, -0.2) is 0 Å². The van der Waals surface area contributed by atoms with Crippen molar-refractivity contribution in [3.63, 3.8) is 0 Å². The molecule has 0 bridgehead atoms. The van der Waals surface area contributed by atoms with Gasteiger partial charge in [0.2, 0.25) is 0 Å². The summed E-state index contributed by atoms with van der Waals surface area (Å²) in [5.74, 6) is 0.0853. The van der Waals surface area contributed by atoms with Crippen molar-refractivity contribution >= 4 is 11.6 Å². The molecule has 102 valence electrons. The zero-order valence-corrected chi connectivity index (χ0v) is 11.3. The predicted octanol–water partition coefficient (Wildman–Crippen LogP) is 4.10. The van der Waals surface area contributed by atoms with E-state index in [-0.39, 0.29) is 5.91 Å². The van der Waals surface area contributed by atoms with E-state index in [1.165, 1.54) is 28.5 Å². The first-order valence-electron chi connectivity index (χ1n) is 6.87. The average molecular weight is 275 g/mol. The summed E-state index contributed by atoms with van der Waals surface area (Å²) in [6.07, 6.45) is 2.45. The molecule has 4 rings (SSSR count). The van der Waals surface area contributed by atoms with Crippen molar-refractivity contribution in [2.24, 2.45) is 0 Å². The van der Waals surface area contributed by atoms with Gasteiger partial charge >= 0.3 is 0 Å². The number of rotatable bonds is 2. The van der Waals surface area contributed by atoms with Crippen LogP contribution in [-0.2, 0) is 6.42 Å². The van der Waals surface area contributed by atoms with E-state index in [4.69, 9.17) is 4.42 Å². The van der Waals surface area contributed by atoms with Gasteiger partial charge in [-0.1, -0.05) is 30.3 Å². The van der Waals surface area contributed by atoms with Crippen LogP contribution in [0.25, 0.3) is 11.1 Å². The number of fused-ring (bicyclic) bond motifs is 3. The first-order chi connectivity index (χ1) is 10.3. The Hall–Kier alpha value is -2.81. The lowest BCUT2D eigenvalue weighted by Gasteiger charge is -2.06. The molecule has 0 fully saturated rings. The Kier molecular flexibility index (Phi) is 2.64. The van der Waals surface area contributed by atoms with Crippen molar-refractivity contribution in [1.29, 1.82) is 0 Å². The molecule has 1 aliphatic rings. The van der Waals surface area contributed by atoms with Gasteiger partial charge in [-0.05, 0) is 52.9 Å². The summed E-state index contributed by atoms with van der Waals surface area (Å²) in [6.45, 7) is 0. The second-order valence-electron chi connectivity index (χ2n) is 5.14. The van der Waals surface area contributed by atoms with Crippen molar-refractivity contribution in [1.82, 2.24) is 0 Å². The lowest BCUT2D eigenvalue weighted by molar-refractivity contribution is 0.0996. The molecule has 0 saturated carbocycles. The van der Waals surface area contributed by atoms with Gasteiger partial charge in [0, 0.05) is 5.69 Å². The Balaban J connectivity index is 1.67. The number of carbonyl (C=O) groups excluding carboxylic acids is 1. The molecule has 0 unspecified atom stereocenters. The zero-order chi connectivity index (χ0) is 14.2. The van der Waals surface area contributed by atoms with Crippen LogP contribution in [0.2, 0.25) is 0 Å². The summed E-state index contributed by atoms with van der Waals surface area (Å²) in [4.78, 5) is 12.0. The van der Waals surface area contributed by atoms with Crippen LogP contribution >= 0.6 is 0 Å². The molecule has 0 aliphatic heterocycles. The molecule has 0 atom stereocenters. The maximum atomic E-state index is 12.0. The minimum absolute atomic E-state index is 0.230. The molecular formula is C18H13NO2. The third-order valence-corrected chi connectivity index (χ3v) is 3.80. The molecule has 3 heteroatoms. The Morgan fingerprint density at radius 1 is 0.952 bits per heavy atom. The van der Waals surface area contributed by atoms with E-state index in [0.717, 1.165) is 12.1 Å². The van der Waals surface area contributed by atoms with Crippen molar-refractivity contribution in [3.05, 3.63) is 77.7 Å². The molecule has 3 aromatic rings. The molecule has 21 heavy (non-hydrogen) atoms. The molecule has 1 N–H and O–H groups in total. The topological polar surface area (TPSA) is 42.2 Å². The fourth-order valence-electron chi connectivity index (χ4n) is 2.80. The molecular weight excluding hydrogens is 262 g/mol. The number of carbonyl (C=O) groups is 1. The monoisotopic (exact) mass is 275 g/mol. The molecule has 1 amide bonds. The van der Waals surface area contributed by atoms with E-state index < -0.39 is 0 Å². The van der Waals surface area contributed by atoms with Gasteiger partial charge in [-0.2, -0.15) is 0 Å². The van der Waals surface area contributed by atoms with Gasteiger partial charge in [0.15, 0.2) is 5.76 Å². The van der Waals surface area contributed by atoms with Gasteiger partial charge in [0.25, 0.3) is 5.91 Å². The first kappa shape index (κ1) is 12.0. The zero-order valence-electron chi connectivity index (χ0n) is 11.3. The first-order valence-corrected chi connectivity index (χ1v) is 6.87. The second kappa shape index (κ2) is 4.63. The highest BCUT2D eigenvalue weighted by molar-refractivity contribution is 6.02. The van der Waals surface area contributed by atoms with Gasteiger partial charge in [-0.3, -0.25) is 4.79 Å². The van der Waals surface area contributed by atoms with Gasteiger partial charge in [0.1, 0.15) is 0 Å². The fraction of sp³-hybridized carbons (Fsp3) is 0.0556. The Morgan fingerprint density at radius 2 is 1.81 bits per heavy atom. The molecule has 3 nitrogen and oxygen atoms in total. The Morgan fingerprint density at radius 3 is 2.67 bits per heavy atom. The maximum Gasteiger partial charge on any atom is 0.291 e. The quantitative estimate of drug-likeness (QED) is 0.598. The van der Waals surface area contributed by atoms with Crippen LogP contribution in [-0.4, -0.2) is 5.91 Å². The largest absolute Gasteiger partial charge is 0.459 e. The third kappa shape index (κ3) is 2.03. The molecule has 2 aromatic carbocycles. The number of hydrogen-bond donors (Lipinski definition) is 1. The highest BCUT2D eigenvalue weighted by Gasteiger charge is 2.18. The number of amides is 1. The van der Waals surface area contributed by atoms with Gasteiger partial charge in [-0.15, -0.1) is 0 Å². The van der Waals surface area contributed by atoms with Crippen LogP contribution < -0.4 is 5.32 Å². The van der Waals surface area contributed by atoms with E-state index >= 15 is 0 Å². The second-order valence-corrected chi connectivity index (χ2v) is 5.14. The van der Waals surface area contributed by atoms with Crippen LogP contribution in [0.4, 0.5) is 5.69 Å². The predicted molar refractivity (Wildman–Crippen MR) is 81.3 cm³/mol. The molecule has 0 radical (unpaired) electrons. The van der Waals surface area contributed by atoms with Gasteiger partial charge < -0.3 is 9.73 Å². The SMILES string of the molecule is O=C(Nc1ccc2c(c1)-c1ccccc1C2)c1ccco1. The lowest BCUT2D eigenvalue weighted by atomic mass is 10.1. The fourth-order valence-corrected chi connectivity index (χ4v) is 2.80. The summed E-state index contributed by atoms with van der Waals surface area (Å²) < 4.78 is 5.10. The third-order valence-electron chi connectivity index (χ3n) is 3.80.